The van der Waals surface area contributed by atoms with E-state index in [1.54, 1.807) is 25.4 Å². The Labute approximate surface area is 130 Å². The highest BCUT2D eigenvalue weighted by atomic mass is 16.2. The number of hydrogen-bond donors (Lipinski definition) is 1. The van der Waals surface area contributed by atoms with Crippen LogP contribution in [0.15, 0.2) is 42.7 Å². The zero-order valence-corrected chi connectivity index (χ0v) is 13.0. The first-order chi connectivity index (χ1) is 10.5. The molecule has 1 heterocycles. The van der Waals surface area contributed by atoms with Crippen molar-refractivity contribution in [3.63, 3.8) is 0 Å². The van der Waals surface area contributed by atoms with Crippen LogP contribution in [0.4, 0.5) is 5.69 Å². The van der Waals surface area contributed by atoms with Gasteiger partial charge in [0.25, 0.3) is 5.91 Å². The SMILES string of the molecule is Cc1ccc(C)c(NC(=O)CN(C)C(=O)c2cccnc2)c1. The molecule has 0 saturated heterocycles. The van der Waals surface area contributed by atoms with Crippen molar-refractivity contribution in [2.45, 2.75) is 13.8 Å². The van der Waals surface area contributed by atoms with Gasteiger partial charge >= 0.3 is 0 Å². The Balaban J connectivity index is 2.00. The van der Waals surface area contributed by atoms with Gasteiger partial charge < -0.3 is 10.2 Å². The number of carbonyl (C=O) groups excluding carboxylic acids is 2. The van der Waals surface area contributed by atoms with Crippen LogP contribution in [0.1, 0.15) is 21.5 Å². The summed E-state index contributed by atoms with van der Waals surface area (Å²) in [5.41, 5.74) is 3.29. The first kappa shape index (κ1) is 15.7. The quantitative estimate of drug-likeness (QED) is 0.942. The molecule has 2 aromatic rings. The zero-order valence-electron chi connectivity index (χ0n) is 13.0. The fourth-order valence-corrected chi connectivity index (χ4v) is 2.06. The van der Waals surface area contributed by atoms with Crippen LogP contribution in [0.3, 0.4) is 0 Å². The minimum absolute atomic E-state index is 0.0128. The number of aromatic nitrogens is 1. The summed E-state index contributed by atoms with van der Waals surface area (Å²) in [5, 5.41) is 2.84. The van der Waals surface area contributed by atoms with Gasteiger partial charge in [-0.2, -0.15) is 0 Å². The second-order valence-electron chi connectivity index (χ2n) is 5.27. The van der Waals surface area contributed by atoms with Gasteiger partial charge in [0.15, 0.2) is 0 Å². The number of anilines is 1. The lowest BCUT2D eigenvalue weighted by molar-refractivity contribution is -0.116. The average Bonchev–Trinajstić information content (AvgIpc) is 2.51. The van der Waals surface area contributed by atoms with Crippen molar-refractivity contribution in [3.05, 3.63) is 59.4 Å². The van der Waals surface area contributed by atoms with Gasteiger partial charge in [-0.25, -0.2) is 0 Å². The molecular weight excluding hydrogens is 278 g/mol. The number of rotatable bonds is 4. The standard InChI is InChI=1S/C17H19N3O2/c1-12-6-7-13(2)15(9-12)19-16(21)11-20(3)17(22)14-5-4-8-18-10-14/h4-10H,11H2,1-3H3,(H,19,21). The molecule has 0 aliphatic rings. The van der Waals surface area contributed by atoms with Crippen LogP contribution in [-0.2, 0) is 4.79 Å². The second kappa shape index (κ2) is 6.85. The number of aryl methyl sites for hydroxylation is 2. The van der Waals surface area contributed by atoms with Crippen molar-refractivity contribution in [2.75, 3.05) is 18.9 Å². The monoisotopic (exact) mass is 297 g/mol. The van der Waals surface area contributed by atoms with Crippen LogP contribution in [-0.4, -0.2) is 35.3 Å². The molecule has 1 N–H and O–H groups in total. The normalized spacial score (nSPS) is 10.1. The minimum atomic E-state index is -0.232. The third-order valence-electron chi connectivity index (χ3n) is 3.30. The zero-order chi connectivity index (χ0) is 16.1. The molecule has 0 radical (unpaired) electrons. The van der Waals surface area contributed by atoms with Crippen LogP contribution < -0.4 is 5.32 Å². The summed E-state index contributed by atoms with van der Waals surface area (Å²) in [6, 6.07) is 9.22. The molecule has 0 saturated carbocycles. The van der Waals surface area contributed by atoms with Crippen LogP contribution >= 0.6 is 0 Å². The van der Waals surface area contributed by atoms with E-state index in [9.17, 15) is 9.59 Å². The van der Waals surface area contributed by atoms with E-state index < -0.39 is 0 Å². The van der Waals surface area contributed by atoms with E-state index in [1.807, 2.05) is 32.0 Å². The predicted octanol–water partition coefficient (Wildman–Crippen LogP) is 2.41. The van der Waals surface area contributed by atoms with Crippen molar-refractivity contribution >= 4 is 17.5 Å². The third-order valence-corrected chi connectivity index (χ3v) is 3.30. The Morgan fingerprint density at radius 2 is 2.00 bits per heavy atom. The highest BCUT2D eigenvalue weighted by molar-refractivity contribution is 5.99. The summed E-state index contributed by atoms with van der Waals surface area (Å²) in [4.78, 5) is 29.5. The molecule has 2 rings (SSSR count). The van der Waals surface area contributed by atoms with Gasteiger partial charge in [-0.15, -0.1) is 0 Å². The maximum absolute atomic E-state index is 12.2. The van der Waals surface area contributed by atoms with E-state index in [0.29, 0.717) is 5.56 Å². The molecule has 0 fully saturated rings. The summed E-state index contributed by atoms with van der Waals surface area (Å²) < 4.78 is 0. The average molecular weight is 297 g/mol. The summed E-state index contributed by atoms with van der Waals surface area (Å²) in [6.07, 6.45) is 3.09. The molecular formula is C17H19N3O2. The number of amides is 2. The summed E-state index contributed by atoms with van der Waals surface area (Å²) in [7, 11) is 1.60. The Morgan fingerprint density at radius 1 is 1.23 bits per heavy atom. The lowest BCUT2D eigenvalue weighted by Gasteiger charge is -2.17. The Hall–Kier alpha value is -2.69. The Kier molecular flexibility index (Phi) is 4.88. The fourth-order valence-electron chi connectivity index (χ4n) is 2.06. The number of benzene rings is 1. The Morgan fingerprint density at radius 3 is 2.68 bits per heavy atom. The maximum Gasteiger partial charge on any atom is 0.255 e. The number of hydrogen-bond acceptors (Lipinski definition) is 3. The molecule has 0 unspecified atom stereocenters. The molecule has 0 aliphatic carbocycles. The summed E-state index contributed by atoms with van der Waals surface area (Å²) >= 11 is 0. The number of carbonyl (C=O) groups is 2. The van der Waals surface area contributed by atoms with Crippen LogP contribution in [0.25, 0.3) is 0 Å². The van der Waals surface area contributed by atoms with E-state index in [1.165, 1.54) is 11.1 Å². The van der Waals surface area contributed by atoms with E-state index >= 15 is 0 Å². The summed E-state index contributed by atoms with van der Waals surface area (Å²) in [6.45, 7) is 3.88. The first-order valence-corrected chi connectivity index (χ1v) is 7.00. The highest BCUT2D eigenvalue weighted by Gasteiger charge is 2.15. The molecule has 0 bridgehead atoms. The van der Waals surface area contributed by atoms with Crippen LogP contribution in [0.5, 0.6) is 0 Å². The highest BCUT2D eigenvalue weighted by Crippen LogP contribution is 2.16. The lowest BCUT2D eigenvalue weighted by atomic mass is 10.1. The number of pyridine rings is 1. The number of nitrogens with one attached hydrogen (secondary N) is 1. The largest absolute Gasteiger partial charge is 0.332 e. The smallest absolute Gasteiger partial charge is 0.255 e. The molecule has 2 amide bonds. The number of nitrogens with zero attached hydrogens (tertiary/aromatic N) is 2. The summed E-state index contributed by atoms with van der Waals surface area (Å²) in [5.74, 6) is -0.461. The fraction of sp³-hybridized carbons (Fsp3) is 0.235. The molecule has 1 aromatic heterocycles. The van der Waals surface area contributed by atoms with Gasteiger partial charge in [0.2, 0.25) is 5.91 Å². The molecule has 0 spiro atoms. The van der Waals surface area contributed by atoms with Crippen molar-refractivity contribution in [1.82, 2.24) is 9.88 Å². The van der Waals surface area contributed by atoms with E-state index in [4.69, 9.17) is 0 Å². The number of likely N-dealkylation sites (N-methyl/N-ethyl adjacent to an activating group) is 1. The van der Waals surface area contributed by atoms with Crippen LogP contribution in [0, 0.1) is 13.8 Å². The van der Waals surface area contributed by atoms with Gasteiger partial charge in [-0.05, 0) is 43.2 Å². The van der Waals surface area contributed by atoms with Crippen molar-refractivity contribution in [3.8, 4) is 0 Å². The van der Waals surface area contributed by atoms with E-state index in [2.05, 4.69) is 10.3 Å². The van der Waals surface area contributed by atoms with Crippen LogP contribution in [0.2, 0.25) is 0 Å². The molecule has 5 heteroatoms. The molecule has 0 atom stereocenters. The molecule has 22 heavy (non-hydrogen) atoms. The second-order valence-corrected chi connectivity index (χ2v) is 5.27. The maximum atomic E-state index is 12.2. The minimum Gasteiger partial charge on any atom is -0.332 e. The Bertz CT molecular complexity index is 684. The van der Waals surface area contributed by atoms with Gasteiger partial charge in [0.05, 0.1) is 12.1 Å². The topological polar surface area (TPSA) is 62.3 Å². The van der Waals surface area contributed by atoms with Crippen molar-refractivity contribution in [2.24, 2.45) is 0 Å². The molecule has 0 aliphatic heterocycles. The lowest BCUT2D eigenvalue weighted by Crippen LogP contribution is -2.35. The van der Waals surface area contributed by atoms with Gasteiger partial charge in [0.1, 0.15) is 0 Å². The van der Waals surface area contributed by atoms with E-state index in [-0.39, 0.29) is 18.4 Å². The molecule has 5 nitrogen and oxygen atoms in total. The van der Waals surface area contributed by atoms with Crippen molar-refractivity contribution in [1.29, 1.82) is 0 Å². The first-order valence-electron chi connectivity index (χ1n) is 7.00. The molecule has 114 valence electrons. The van der Waals surface area contributed by atoms with E-state index in [0.717, 1.165) is 16.8 Å². The van der Waals surface area contributed by atoms with Gasteiger partial charge in [0, 0.05) is 25.1 Å². The molecule has 1 aromatic carbocycles. The van der Waals surface area contributed by atoms with Crippen molar-refractivity contribution < 1.29 is 9.59 Å². The third kappa shape index (κ3) is 3.91. The van der Waals surface area contributed by atoms with Gasteiger partial charge in [-0.3, -0.25) is 14.6 Å². The predicted molar refractivity (Wildman–Crippen MR) is 85.7 cm³/mol. The van der Waals surface area contributed by atoms with Gasteiger partial charge in [-0.1, -0.05) is 12.1 Å².